The van der Waals surface area contributed by atoms with Crippen molar-refractivity contribution in [2.24, 2.45) is 0 Å². The Morgan fingerprint density at radius 1 is 1.29 bits per heavy atom. The molecule has 0 saturated heterocycles. The summed E-state index contributed by atoms with van der Waals surface area (Å²) in [5, 5.41) is 2.99. The number of hydrogen-bond acceptors (Lipinski definition) is 3. The van der Waals surface area contributed by atoms with E-state index in [9.17, 15) is 4.79 Å². The SMILES string of the molecule is Cc1ccc(OCCN(C)C(C)C(=O)NC(C)(C)C)cc1. The van der Waals surface area contributed by atoms with Crippen LogP contribution in [0.4, 0.5) is 0 Å². The van der Waals surface area contributed by atoms with Crippen molar-refractivity contribution in [3.63, 3.8) is 0 Å². The number of nitrogens with one attached hydrogen (secondary N) is 1. The highest BCUT2D eigenvalue weighted by molar-refractivity contribution is 5.81. The van der Waals surface area contributed by atoms with Crippen LogP contribution in [-0.2, 0) is 4.79 Å². The number of benzene rings is 1. The Hall–Kier alpha value is -1.55. The average molecular weight is 292 g/mol. The van der Waals surface area contributed by atoms with E-state index in [1.54, 1.807) is 0 Å². The molecule has 0 spiro atoms. The van der Waals surface area contributed by atoms with Crippen molar-refractivity contribution >= 4 is 5.91 Å². The molecule has 4 nitrogen and oxygen atoms in total. The van der Waals surface area contributed by atoms with Crippen LogP contribution < -0.4 is 10.1 Å². The van der Waals surface area contributed by atoms with E-state index in [4.69, 9.17) is 4.74 Å². The van der Waals surface area contributed by atoms with E-state index < -0.39 is 0 Å². The van der Waals surface area contributed by atoms with Gasteiger partial charge in [0.1, 0.15) is 12.4 Å². The third kappa shape index (κ3) is 6.63. The minimum atomic E-state index is -0.204. The van der Waals surface area contributed by atoms with Gasteiger partial charge in [-0.05, 0) is 53.8 Å². The van der Waals surface area contributed by atoms with E-state index in [-0.39, 0.29) is 17.5 Å². The Labute approximate surface area is 128 Å². The van der Waals surface area contributed by atoms with Crippen LogP contribution in [0, 0.1) is 6.92 Å². The molecule has 0 aliphatic carbocycles. The zero-order chi connectivity index (χ0) is 16.0. The smallest absolute Gasteiger partial charge is 0.237 e. The topological polar surface area (TPSA) is 41.6 Å². The normalized spacial score (nSPS) is 13.1. The molecule has 0 aromatic heterocycles. The van der Waals surface area contributed by atoms with Crippen LogP contribution in [0.3, 0.4) is 0 Å². The Balaban J connectivity index is 2.37. The molecule has 0 aliphatic heterocycles. The number of carbonyl (C=O) groups excluding carboxylic acids is 1. The van der Waals surface area contributed by atoms with E-state index >= 15 is 0 Å². The second kappa shape index (κ2) is 7.46. The van der Waals surface area contributed by atoms with Crippen molar-refractivity contribution in [1.29, 1.82) is 0 Å². The van der Waals surface area contributed by atoms with Gasteiger partial charge < -0.3 is 10.1 Å². The van der Waals surface area contributed by atoms with Crippen LogP contribution in [0.1, 0.15) is 33.3 Å². The number of hydrogen-bond donors (Lipinski definition) is 1. The number of amides is 1. The zero-order valence-electron chi connectivity index (χ0n) is 14.1. The molecule has 0 aliphatic rings. The Kier molecular flexibility index (Phi) is 6.21. The number of rotatable bonds is 6. The summed E-state index contributed by atoms with van der Waals surface area (Å²) in [5.74, 6) is 0.904. The van der Waals surface area contributed by atoms with Crippen LogP contribution in [0.5, 0.6) is 5.75 Å². The van der Waals surface area contributed by atoms with Gasteiger partial charge >= 0.3 is 0 Å². The molecule has 1 aromatic rings. The van der Waals surface area contributed by atoms with Gasteiger partial charge in [-0.3, -0.25) is 9.69 Å². The molecule has 1 rings (SSSR count). The summed E-state index contributed by atoms with van der Waals surface area (Å²) in [6.45, 7) is 11.2. The second-order valence-corrected chi connectivity index (χ2v) is 6.56. The van der Waals surface area contributed by atoms with Gasteiger partial charge in [0.25, 0.3) is 0 Å². The highest BCUT2D eigenvalue weighted by Crippen LogP contribution is 2.11. The molecule has 4 heteroatoms. The predicted octanol–water partition coefficient (Wildman–Crippen LogP) is 2.61. The quantitative estimate of drug-likeness (QED) is 0.876. The van der Waals surface area contributed by atoms with Gasteiger partial charge in [-0.25, -0.2) is 0 Å². The molecule has 21 heavy (non-hydrogen) atoms. The number of nitrogens with zero attached hydrogens (tertiary/aromatic N) is 1. The molecule has 1 N–H and O–H groups in total. The lowest BCUT2D eigenvalue weighted by molar-refractivity contribution is -0.126. The number of carbonyl (C=O) groups is 1. The molecular weight excluding hydrogens is 264 g/mol. The molecule has 1 unspecified atom stereocenters. The van der Waals surface area contributed by atoms with Gasteiger partial charge in [-0.2, -0.15) is 0 Å². The highest BCUT2D eigenvalue weighted by atomic mass is 16.5. The van der Waals surface area contributed by atoms with E-state index in [2.05, 4.69) is 5.32 Å². The fraction of sp³-hybridized carbons (Fsp3) is 0.588. The van der Waals surface area contributed by atoms with Crippen molar-refractivity contribution in [3.05, 3.63) is 29.8 Å². The Bertz CT molecular complexity index is 449. The minimum absolute atomic E-state index is 0.0420. The lowest BCUT2D eigenvalue weighted by Gasteiger charge is -2.28. The molecular formula is C17H28N2O2. The molecule has 1 amide bonds. The Morgan fingerprint density at radius 2 is 1.86 bits per heavy atom. The average Bonchev–Trinajstić information content (AvgIpc) is 2.38. The molecule has 0 bridgehead atoms. The summed E-state index contributed by atoms with van der Waals surface area (Å²) in [6, 6.07) is 7.80. The molecule has 1 atom stereocenters. The van der Waals surface area contributed by atoms with Crippen LogP contribution in [0.2, 0.25) is 0 Å². The molecule has 0 fully saturated rings. The molecule has 0 radical (unpaired) electrons. The van der Waals surface area contributed by atoms with Crippen molar-refractivity contribution in [1.82, 2.24) is 10.2 Å². The van der Waals surface area contributed by atoms with Gasteiger partial charge in [0.2, 0.25) is 5.91 Å². The van der Waals surface area contributed by atoms with E-state index in [1.165, 1.54) is 5.56 Å². The summed E-state index contributed by atoms with van der Waals surface area (Å²) >= 11 is 0. The lowest BCUT2D eigenvalue weighted by atomic mass is 10.1. The van der Waals surface area contributed by atoms with E-state index in [0.29, 0.717) is 13.2 Å². The number of likely N-dealkylation sites (N-methyl/N-ethyl adjacent to an activating group) is 1. The molecule has 118 valence electrons. The van der Waals surface area contributed by atoms with Gasteiger partial charge in [-0.1, -0.05) is 17.7 Å². The van der Waals surface area contributed by atoms with Crippen molar-refractivity contribution in [3.8, 4) is 5.75 Å². The molecule has 0 saturated carbocycles. The first-order chi connectivity index (χ1) is 9.69. The van der Waals surface area contributed by atoms with Crippen molar-refractivity contribution in [2.75, 3.05) is 20.2 Å². The highest BCUT2D eigenvalue weighted by Gasteiger charge is 2.22. The summed E-state index contributed by atoms with van der Waals surface area (Å²) in [7, 11) is 1.94. The maximum atomic E-state index is 12.1. The van der Waals surface area contributed by atoms with Gasteiger partial charge in [0.05, 0.1) is 6.04 Å². The summed E-state index contributed by atoms with van der Waals surface area (Å²) in [6.07, 6.45) is 0. The minimum Gasteiger partial charge on any atom is -0.492 e. The fourth-order valence-electron chi connectivity index (χ4n) is 1.81. The van der Waals surface area contributed by atoms with E-state index in [0.717, 1.165) is 5.75 Å². The van der Waals surface area contributed by atoms with Crippen molar-refractivity contribution < 1.29 is 9.53 Å². The predicted molar refractivity (Wildman–Crippen MR) is 86.7 cm³/mol. The zero-order valence-corrected chi connectivity index (χ0v) is 14.1. The van der Waals surface area contributed by atoms with Crippen LogP contribution in [0.15, 0.2) is 24.3 Å². The molecule has 0 heterocycles. The largest absolute Gasteiger partial charge is 0.492 e. The summed E-state index contributed by atoms with van der Waals surface area (Å²) < 4.78 is 5.69. The number of ether oxygens (including phenoxy) is 1. The Morgan fingerprint density at radius 3 is 2.38 bits per heavy atom. The maximum absolute atomic E-state index is 12.1. The fourth-order valence-corrected chi connectivity index (χ4v) is 1.81. The number of aryl methyl sites for hydroxylation is 1. The third-order valence-electron chi connectivity index (χ3n) is 3.27. The summed E-state index contributed by atoms with van der Waals surface area (Å²) in [5.41, 5.74) is 1.01. The summed E-state index contributed by atoms with van der Waals surface area (Å²) in [4.78, 5) is 14.1. The third-order valence-corrected chi connectivity index (χ3v) is 3.27. The maximum Gasteiger partial charge on any atom is 0.237 e. The van der Waals surface area contributed by atoms with Crippen LogP contribution in [-0.4, -0.2) is 42.6 Å². The standard InChI is InChI=1S/C17H28N2O2/c1-13-7-9-15(10-8-13)21-12-11-19(6)14(2)16(20)18-17(3,4)5/h7-10,14H,11-12H2,1-6H3,(H,18,20). The van der Waals surface area contributed by atoms with Gasteiger partial charge in [0.15, 0.2) is 0 Å². The first kappa shape index (κ1) is 17.5. The second-order valence-electron chi connectivity index (χ2n) is 6.56. The lowest BCUT2D eigenvalue weighted by Crippen LogP contribution is -2.50. The van der Waals surface area contributed by atoms with Gasteiger partial charge in [0, 0.05) is 12.1 Å². The first-order valence-electron chi connectivity index (χ1n) is 7.41. The van der Waals surface area contributed by atoms with E-state index in [1.807, 2.05) is 70.8 Å². The molecule has 1 aromatic carbocycles. The monoisotopic (exact) mass is 292 g/mol. The van der Waals surface area contributed by atoms with Crippen LogP contribution >= 0.6 is 0 Å². The first-order valence-corrected chi connectivity index (χ1v) is 7.41. The van der Waals surface area contributed by atoms with Crippen LogP contribution in [0.25, 0.3) is 0 Å². The van der Waals surface area contributed by atoms with Gasteiger partial charge in [-0.15, -0.1) is 0 Å². The van der Waals surface area contributed by atoms with Crippen molar-refractivity contribution in [2.45, 2.75) is 46.2 Å².